The van der Waals surface area contributed by atoms with Gasteiger partial charge in [-0.3, -0.25) is 0 Å². The molecule has 0 aromatic rings. The van der Waals surface area contributed by atoms with E-state index in [1.165, 1.54) is 20.3 Å². The maximum atomic E-state index is 11.5. The average molecular weight is 269 g/mol. The standard InChI is InChI=1S/C13H19NO5/c1-10(9-14-4-6-19-7-5-14)8-11(12(15)17-2)13(16)18-3/h8-9H,4-7H2,1-3H3/b10-9+. The van der Waals surface area contributed by atoms with Gasteiger partial charge in [0, 0.05) is 19.3 Å². The summed E-state index contributed by atoms with van der Waals surface area (Å²) in [6, 6.07) is 0. The Morgan fingerprint density at radius 1 is 1.11 bits per heavy atom. The molecule has 0 radical (unpaired) electrons. The first kappa shape index (κ1) is 15.2. The van der Waals surface area contributed by atoms with Gasteiger partial charge in [-0.2, -0.15) is 0 Å². The molecule has 0 aliphatic carbocycles. The van der Waals surface area contributed by atoms with Crippen molar-refractivity contribution in [3.05, 3.63) is 23.4 Å². The molecule has 6 heteroatoms. The summed E-state index contributed by atoms with van der Waals surface area (Å²) in [6.07, 6.45) is 3.35. The van der Waals surface area contributed by atoms with E-state index < -0.39 is 11.9 Å². The van der Waals surface area contributed by atoms with Crippen LogP contribution < -0.4 is 0 Å². The van der Waals surface area contributed by atoms with Crippen molar-refractivity contribution in [2.75, 3.05) is 40.5 Å². The van der Waals surface area contributed by atoms with E-state index in [9.17, 15) is 9.59 Å². The van der Waals surface area contributed by atoms with Gasteiger partial charge in [-0.05, 0) is 18.6 Å². The molecule has 19 heavy (non-hydrogen) atoms. The zero-order valence-corrected chi connectivity index (χ0v) is 11.5. The fourth-order valence-corrected chi connectivity index (χ4v) is 1.68. The summed E-state index contributed by atoms with van der Waals surface area (Å²) in [5, 5.41) is 0. The van der Waals surface area contributed by atoms with Crippen molar-refractivity contribution in [1.29, 1.82) is 0 Å². The molecular weight excluding hydrogens is 250 g/mol. The van der Waals surface area contributed by atoms with Gasteiger partial charge in [-0.25, -0.2) is 9.59 Å². The molecule has 1 heterocycles. The van der Waals surface area contributed by atoms with E-state index in [1.54, 1.807) is 6.92 Å². The van der Waals surface area contributed by atoms with Crippen molar-refractivity contribution < 1.29 is 23.8 Å². The van der Waals surface area contributed by atoms with Crippen LogP contribution in [0.1, 0.15) is 6.92 Å². The predicted molar refractivity (Wildman–Crippen MR) is 68.3 cm³/mol. The molecule has 106 valence electrons. The molecule has 1 aliphatic heterocycles. The van der Waals surface area contributed by atoms with Crippen LogP contribution in [-0.4, -0.2) is 57.4 Å². The summed E-state index contributed by atoms with van der Waals surface area (Å²) in [5.74, 6) is -1.41. The Kier molecular flexibility index (Phi) is 6.08. The van der Waals surface area contributed by atoms with Crippen LogP contribution in [0.15, 0.2) is 23.4 Å². The highest BCUT2D eigenvalue weighted by molar-refractivity contribution is 6.14. The van der Waals surface area contributed by atoms with Gasteiger partial charge in [0.1, 0.15) is 5.57 Å². The smallest absolute Gasteiger partial charge is 0.345 e. The van der Waals surface area contributed by atoms with Gasteiger partial charge >= 0.3 is 11.9 Å². The van der Waals surface area contributed by atoms with Gasteiger partial charge in [0.25, 0.3) is 0 Å². The Morgan fingerprint density at radius 3 is 2.11 bits per heavy atom. The molecule has 0 saturated carbocycles. The van der Waals surface area contributed by atoms with Crippen LogP contribution in [0.25, 0.3) is 0 Å². The van der Waals surface area contributed by atoms with Crippen LogP contribution in [-0.2, 0) is 23.8 Å². The Hall–Kier alpha value is -1.82. The zero-order chi connectivity index (χ0) is 14.3. The first-order chi connectivity index (χ1) is 9.08. The molecule has 0 aromatic heterocycles. The molecule has 0 spiro atoms. The SMILES string of the molecule is COC(=O)C(=C/C(C)=C/N1CCOCC1)C(=O)OC. The topological polar surface area (TPSA) is 65.1 Å². The molecule has 0 N–H and O–H groups in total. The van der Waals surface area contributed by atoms with Gasteiger partial charge in [-0.15, -0.1) is 0 Å². The molecule has 0 unspecified atom stereocenters. The highest BCUT2D eigenvalue weighted by Crippen LogP contribution is 2.09. The second-order valence-electron chi connectivity index (χ2n) is 4.06. The van der Waals surface area contributed by atoms with Crippen molar-refractivity contribution in [1.82, 2.24) is 4.90 Å². The first-order valence-electron chi connectivity index (χ1n) is 5.97. The van der Waals surface area contributed by atoms with Crippen LogP contribution in [0.2, 0.25) is 0 Å². The van der Waals surface area contributed by atoms with Crippen LogP contribution in [0.3, 0.4) is 0 Å². The lowest BCUT2D eigenvalue weighted by Crippen LogP contribution is -2.32. The summed E-state index contributed by atoms with van der Waals surface area (Å²) in [5.41, 5.74) is 0.653. The predicted octanol–water partition coefficient (Wildman–Crippen LogP) is 0.495. The van der Waals surface area contributed by atoms with E-state index in [2.05, 4.69) is 14.4 Å². The molecule has 0 atom stereocenters. The summed E-state index contributed by atoms with van der Waals surface area (Å²) in [7, 11) is 2.44. The normalized spacial score (nSPS) is 15.7. The van der Waals surface area contributed by atoms with Gasteiger partial charge in [0.2, 0.25) is 0 Å². The number of rotatable bonds is 4. The Bertz CT molecular complexity index is 376. The molecule has 0 aromatic carbocycles. The van der Waals surface area contributed by atoms with Gasteiger partial charge in [0.05, 0.1) is 27.4 Å². The van der Waals surface area contributed by atoms with Crippen molar-refractivity contribution in [2.24, 2.45) is 0 Å². The van der Waals surface area contributed by atoms with Crippen molar-refractivity contribution in [3.8, 4) is 0 Å². The van der Waals surface area contributed by atoms with Crippen LogP contribution in [0.5, 0.6) is 0 Å². The van der Waals surface area contributed by atoms with E-state index in [1.807, 2.05) is 6.20 Å². The fraction of sp³-hybridized carbons (Fsp3) is 0.538. The number of methoxy groups -OCH3 is 2. The van der Waals surface area contributed by atoms with E-state index in [4.69, 9.17) is 4.74 Å². The third-order valence-corrected chi connectivity index (χ3v) is 2.61. The zero-order valence-electron chi connectivity index (χ0n) is 11.5. The van der Waals surface area contributed by atoms with E-state index in [0.717, 1.165) is 18.7 Å². The summed E-state index contributed by atoms with van der Waals surface area (Å²) < 4.78 is 14.4. The van der Waals surface area contributed by atoms with Gasteiger partial charge in [-0.1, -0.05) is 0 Å². The lowest BCUT2D eigenvalue weighted by Gasteiger charge is -2.25. The molecular formula is C13H19NO5. The minimum Gasteiger partial charge on any atom is -0.465 e. The van der Waals surface area contributed by atoms with Gasteiger partial charge in [0.15, 0.2) is 0 Å². The largest absolute Gasteiger partial charge is 0.465 e. The van der Waals surface area contributed by atoms with Crippen molar-refractivity contribution >= 4 is 11.9 Å². The number of nitrogens with zero attached hydrogens (tertiary/aromatic N) is 1. The number of carbonyl (C=O) groups is 2. The molecule has 6 nitrogen and oxygen atoms in total. The number of ether oxygens (including phenoxy) is 3. The highest BCUT2D eigenvalue weighted by Gasteiger charge is 2.19. The Labute approximate surface area is 112 Å². The highest BCUT2D eigenvalue weighted by atomic mass is 16.5. The molecule has 0 bridgehead atoms. The average Bonchev–Trinajstić information content (AvgIpc) is 2.44. The number of hydrogen-bond donors (Lipinski definition) is 0. The Balaban J connectivity index is 2.84. The minimum absolute atomic E-state index is 0.119. The summed E-state index contributed by atoms with van der Waals surface area (Å²) in [4.78, 5) is 25.0. The molecule has 1 rings (SSSR count). The fourth-order valence-electron chi connectivity index (χ4n) is 1.68. The third kappa shape index (κ3) is 4.75. The van der Waals surface area contributed by atoms with E-state index in [0.29, 0.717) is 13.2 Å². The maximum absolute atomic E-state index is 11.5. The number of carbonyl (C=O) groups excluding carboxylic acids is 2. The van der Waals surface area contributed by atoms with Crippen LogP contribution in [0, 0.1) is 0 Å². The van der Waals surface area contributed by atoms with Crippen LogP contribution in [0.4, 0.5) is 0 Å². The number of esters is 2. The maximum Gasteiger partial charge on any atom is 0.345 e. The molecule has 1 fully saturated rings. The number of morpholine rings is 1. The summed E-state index contributed by atoms with van der Waals surface area (Å²) >= 11 is 0. The molecule has 1 aliphatic rings. The first-order valence-corrected chi connectivity index (χ1v) is 5.97. The lowest BCUT2D eigenvalue weighted by molar-refractivity contribution is -0.144. The quantitative estimate of drug-likeness (QED) is 0.243. The molecule has 0 amide bonds. The van der Waals surface area contributed by atoms with E-state index in [-0.39, 0.29) is 5.57 Å². The third-order valence-electron chi connectivity index (χ3n) is 2.61. The summed E-state index contributed by atoms with van der Waals surface area (Å²) in [6.45, 7) is 4.73. The second kappa shape index (κ2) is 7.58. The van der Waals surface area contributed by atoms with E-state index >= 15 is 0 Å². The van der Waals surface area contributed by atoms with Gasteiger partial charge < -0.3 is 19.1 Å². The number of allylic oxidation sites excluding steroid dienone is 2. The Morgan fingerprint density at radius 2 is 1.63 bits per heavy atom. The second-order valence-corrected chi connectivity index (χ2v) is 4.06. The van der Waals surface area contributed by atoms with Crippen LogP contribution >= 0.6 is 0 Å². The number of hydrogen-bond acceptors (Lipinski definition) is 6. The van der Waals surface area contributed by atoms with Crippen molar-refractivity contribution in [2.45, 2.75) is 6.92 Å². The monoisotopic (exact) mass is 269 g/mol. The lowest BCUT2D eigenvalue weighted by atomic mass is 10.2. The van der Waals surface area contributed by atoms with Crippen molar-refractivity contribution in [3.63, 3.8) is 0 Å². The molecule has 1 saturated heterocycles. The minimum atomic E-state index is -0.707.